The molecule has 1 aliphatic heterocycles. The molecule has 0 spiro atoms. The van der Waals surface area contributed by atoms with E-state index >= 15 is 0 Å². The number of aromatic carboxylic acids is 1. The Bertz CT molecular complexity index is 488. The molecule has 0 unspecified atom stereocenters. The Morgan fingerprint density at radius 2 is 1.95 bits per heavy atom. The number of nitrogens with zero attached hydrogens (tertiary/aromatic N) is 1. The third kappa shape index (κ3) is 4.01. The van der Waals surface area contributed by atoms with Crippen LogP contribution in [0.5, 0.6) is 5.75 Å². The number of halogens is 2. The summed E-state index contributed by atoms with van der Waals surface area (Å²) in [7, 11) is 0. The molecule has 0 saturated carbocycles. The van der Waals surface area contributed by atoms with Gasteiger partial charge in [-0.25, -0.2) is 4.79 Å². The number of benzene rings is 1. The van der Waals surface area contributed by atoms with E-state index in [4.69, 9.17) is 33.0 Å². The molecule has 1 saturated heterocycles. The number of likely N-dealkylation sites (tertiary alicyclic amines) is 1. The summed E-state index contributed by atoms with van der Waals surface area (Å²) in [6, 6.07) is 2.85. The van der Waals surface area contributed by atoms with Crippen molar-refractivity contribution in [2.45, 2.75) is 19.3 Å². The predicted molar refractivity (Wildman–Crippen MR) is 79.2 cm³/mol. The smallest absolute Gasteiger partial charge is 0.339 e. The van der Waals surface area contributed by atoms with Crippen molar-refractivity contribution in [3.63, 3.8) is 0 Å². The zero-order valence-corrected chi connectivity index (χ0v) is 12.6. The van der Waals surface area contributed by atoms with Crippen molar-refractivity contribution in [3.05, 3.63) is 27.7 Å². The Balaban J connectivity index is 1.99. The molecule has 0 bridgehead atoms. The molecule has 0 aromatic heterocycles. The molecule has 0 amide bonds. The minimum atomic E-state index is -1.10. The van der Waals surface area contributed by atoms with Gasteiger partial charge in [0.2, 0.25) is 0 Å². The molecule has 0 radical (unpaired) electrons. The van der Waals surface area contributed by atoms with Gasteiger partial charge in [0, 0.05) is 11.6 Å². The third-order valence-corrected chi connectivity index (χ3v) is 3.84. The monoisotopic (exact) mass is 317 g/mol. The van der Waals surface area contributed by atoms with Crippen LogP contribution in [0.25, 0.3) is 0 Å². The summed E-state index contributed by atoms with van der Waals surface area (Å²) in [5.41, 5.74) is 0.00106. The normalized spacial score (nSPS) is 16.1. The highest BCUT2D eigenvalue weighted by Crippen LogP contribution is 2.32. The molecule has 20 heavy (non-hydrogen) atoms. The lowest BCUT2D eigenvalue weighted by atomic mass is 10.1. The van der Waals surface area contributed by atoms with Crippen LogP contribution in [0.3, 0.4) is 0 Å². The maximum atomic E-state index is 11.2. The SMILES string of the molecule is O=C(O)c1cc(Cl)cc(Cl)c1OCCN1CCCCC1. The number of carboxylic acid groups (broad SMARTS) is 1. The van der Waals surface area contributed by atoms with E-state index in [1.54, 1.807) is 0 Å². The van der Waals surface area contributed by atoms with Crippen LogP contribution in [-0.2, 0) is 0 Å². The topological polar surface area (TPSA) is 49.8 Å². The predicted octanol–water partition coefficient (Wildman–Crippen LogP) is 3.56. The maximum Gasteiger partial charge on any atom is 0.339 e. The molecular weight excluding hydrogens is 301 g/mol. The first-order valence-corrected chi connectivity index (χ1v) is 7.41. The highest BCUT2D eigenvalue weighted by Gasteiger charge is 2.17. The lowest BCUT2D eigenvalue weighted by Crippen LogP contribution is -2.33. The van der Waals surface area contributed by atoms with Gasteiger partial charge in [-0.15, -0.1) is 0 Å². The summed E-state index contributed by atoms with van der Waals surface area (Å²) >= 11 is 11.8. The van der Waals surface area contributed by atoms with Crippen LogP contribution in [0.4, 0.5) is 0 Å². The highest BCUT2D eigenvalue weighted by molar-refractivity contribution is 6.36. The van der Waals surface area contributed by atoms with Crippen molar-refractivity contribution in [3.8, 4) is 5.75 Å². The Morgan fingerprint density at radius 1 is 1.25 bits per heavy atom. The molecular formula is C14H17Cl2NO3. The molecule has 0 atom stereocenters. The van der Waals surface area contributed by atoms with Crippen molar-refractivity contribution < 1.29 is 14.6 Å². The largest absolute Gasteiger partial charge is 0.490 e. The molecule has 1 fully saturated rings. The van der Waals surface area contributed by atoms with Crippen molar-refractivity contribution in [2.75, 3.05) is 26.2 Å². The standard InChI is InChI=1S/C14H17Cl2NO3/c15-10-8-11(14(18)19)13(12(16)9-10)20-7-6-17-4-2-1-3-5-17/h8-9H,1-7H2,(H,18,19). The van der Waals surface area contributed by atoms with Crippen LogP contribution in [0.15, 0.2) is 12.1 Å². The molecule has 1 aromatic carbocycles. The van der Waals surface area contributed by atoms with Gasteiger partial charge in [0.15, 0.2) is 5.75 Å². The van der Waals surface area contributed by atoms with Gasteiger partial charge in [-0.2, -0.15) is 0 Å². The van der Waals surface area contributed by atoms with Crippen LogP contribution in [0, 0.1) is 0 Å². The first-order chi connectivity index (χ1) is 9.58. The van der Waals surface area contributed by atoms with Gasteiger partial charge in [-0.1, -0.05) is 29.6 Å². The number of hydrogen-bond donors (Lipinski definition) is 1. The van der Waals surface area contributed by atoms with Crippen molar-refractivity contribution in [2.24, 2.45) is 0 Å². The number of rotatable bonds is 5. The quantitative estimate of drug-likeness (QED) is 0.902. The van der Waals surface area contributed by atoms with E-state index in [0.29, 0.717) is 6.61 Å². The summed E-state index contributed by atoms with van der Waals surface area (Å²) < 4.78 is 5.57. The van der Waals surface area contributed by atoms with E-state index < -0.39 is 5.97 Å². The number of hydrogen-bond acceptors (Lipinski definition) is 3. The fourth-order valence-corrected chi connectivity index (χ4v) is 2.87. The molecule has 1 aromatic rings. The van der Waals surface area contributed by atoms with E-state index in [1.807, 2.05) is 0 Å². The first-order valence-electron chi connectivity index (χ1n) is 6.65. The van der Waals surface area contributed by atoms with E-state index in [1.165, 1.54) is 31.4 Å². The second-order valence-corrected chi connectivity index (χ2v) is 5.66. The molecule has 6 heteroatoms. The van der Waals surface area contributed by atoms with Crippen molar-refractivity contribution in [1.29, 1.82) is 0 Å². The maximum absolute atomic E-state index is 11.2. The summed E-state index contributed by atoms with van der Waals surface area (Å²) in [6.45, 7) is 3.34. The summed E-state index contributed by atoms with van der Waals surface area (Å²) in [4.78, 5) is 13.5. The fraction of sp³-hybridized carbons (Fsp3) is 0.500. The Labute approximate surface area is 128 Å². The number of piperidine rings is 1. The average Bonchev–Trinajstić information content (AvgIpc) is 2.41. The molecule has 0 aliphatic carbocycles. The first kappa shape index (κ1) is 15.4. The Kier molecular flexibility index (Phi) is 5.52. The number of carboxylic acids is 1. The van der Waals surface area contributed by atoms with Gasteiger partial charge in [-0.05, 0) is 38.1 Å². The second-order valence-electron chi connectivity index (χ2n) is 4.82. The van der Waals surface area contributed by atoms with Gasteiger partial charge in [0.05, 0.1) is 5.02 Å². The summed E-state index contributed by atoms with van der Waals surface area (Å²) in [6.07, 6.45) is 3.70. The van der Waals surface area contributed by atoms with E-state index in [0.717, 1.165) is 19.6 Å². The lowest BCUT2D eigenvalue weighted by molar-refractivity contribution is 0.0691. The van der Waals surface area contributed by atoms with Crippen LogP contribution >= 0.6 is 23.2 Å². The second kappa shape index (κ2) is 7.16. The highest BCUT2D eigenvalue weighted by atomic mass is 35.5. The zero-order chi connectivity index (χ0) is 14.5. The van der Waals surface area contributed by atoms with Gasteiger partial charge in [-0.3, -0.25) is 4.90 Å². The molecule has 4 nitrogen and oxygen atoms in total. The van der Waals surface area contributed by atoms with Crippen LogP contribution in [0.1, 0.15) is 29.6 Å². The minimum absolute atomic E-state index is 0.00106. The van der Waals surface area contributed by atoms with Crippen molar-refractivity contribution in [1.82, 2.24) is 4.90 Å². The van der Waals surface area contributed by atoms with Crippen LogP contribution in [0.2, 0.25) is 10.0 Å². The van der Waals surface area contributed by atoms with Gasteiger partial charge >= 0.3 is 5.97 Å². The van der Waals surface area contributed by atoms with E-state index in [-0.39, 0.29) is 21.4 Å². The fourth-order valence-electron chi connectivity index (χ4n) is 2.33. The van der Waals surface area contributed by atoms with Gasteiger partial charge < -0.3 is 9.84 Å². The summed E-state index contributed by atoms with van der Waals surface area (Å²) in [5.74, 6) is -0.900. The van der Waals surface area contributed by atoms with Crippen molar-refractivity contribution >= 4 is 29.2 Å². The van der Waals surface area contributed by atoms with E-state index in [9.17, 15) is 4.79 Å². The molecule has 1 N–H and O–H groups in total. The molecule has 2 rings (SSSR count). The average molecular weight is 318 g/mol. The number of ether oxygens (including phenoxy) is 1. The number of carbonyl (C=O) groups is 1. The zero-order valence-electron chi connectivity index (χ0n) is 11.1. The Hall–Kier alpha value is -0.970. The minimum Gasteiger partial charge on any atom is -0.490 e. The van der Waals surface area contributed by atoms with Gasteiger partial charge in [0.25, 0.3) is 0 Å². The van der Waals surface area contributed by atoms with Gasteiger partial charge in [0.1, 0.15) is 12.2 Å². The molecule has 1 heterocycles. The molecule has 1 aliphatic rings. The lowest BCUT2D eigenvalue weighted by Gasteiger charge is -2.26. The van der Waals surface area contributed by atoms with Crippen LogP contribution < -0.4 is 4.74 Å². The summed E-state index contributed by atoms with van der Waals surface area (Å²) in [5, 5.41) is 9.67. The third-order valence-electron chi connectivity index (χ3n) is 3.34. The Morgan fingerprint density at radius 3 is 2.60 bits per heavy atom. The van der Waals surface area contributed by atoms with E-state index in [2.05, 4.69) is 4.90 Å². The molecule has 110 valence electrons. The van der Waals surface area contributed by atoms with Crippen LogP contribution in [-0.4, -0.2) is 42.2 Å².